The maximum Gasteiger partial charge on any atom is 0.234 e. The van der Waals surface area contributed by atoms with E-state index in [0.717, 1.165) is 11.3 Å². The van der Waals surface area contributed by atoms with Crippen LogP contribution in [0.4, 0.5) is 0 Å². The smallest absolute Gasteiger partial charge is 0.234 e. The molecule has 0 aliphatic carbocycles. The number of amides is 1. The highest BCUT2D eigenvalue weighted by molar-refractivity contribution is 5.78. The van der Waals surface area contributed by atoms with Gasteiger partial charge in [-0.2, -0.15) is 0 Å². The monoisotopic (exact) mass is 388 g/mol. The van der Waals surface area contributed by atoms with Gasteiger partial charge in [0.2, 0.25) is 5.91 Å². The number of carbonyl (C=O) groups is 1. The molecule has 0 aliphatic rings. The summed E-state index contributed by atoms with van der Waals surface area (Å²) in [6.07, 6.45) is 0. The van der Waals surface area contributed by atoms with E-state index in [-0.39, 0.29) is 12.5 Å². The van der Waals surface area contributed by atoms with Crippen molar-refractivity contribution in [1.82, 2.24) is 10.2 Å². The van der Waals surface area contributed by atoms with Gasteiger partial charge in [-0.1, -0.05) is 18.2 Å². The van der Waals surface area contributed by atoms with Crippen molar-refractivity contribution in [3.05, 3.63) is 48.0 Å². The molecular formula is C21H28N2O5. The standard InChI is InChI=1S/C21H28N2O5/c1-23(10-11-28-17-8-6-5-7-9-17)15-21(24)22-14-16-12-19(26-3)20(27-4)13-18(16)25-2/h5-9,12-13H,10-11,14-15H2,1-4H3,(H,22,24). The van der Waals surface area contributed by atoms with Crippen LogP contribution in [0.15, 0.2) is 42.5 Å². The van der Waals surface area contributed by atoms with Crippen LogP contribution >= 0.6 is 0 Å². The maximum atomic E-state index is 12.2. The van der Waals surface area contributed by atoms with Crippen molar-refractivity contribution in [1.29, 1.82) is 0 Å². The summed E-state index contributed by atoms with van der Waals surface area (Å²) in [5, 5.41) is 2.90. The highest BCUT2D eigenvalue weighted by Crippen LogP contribution is 2.34. The number of carbonyl (C=O) groups excluding carboxylic acids is 1. The second-order valence-electron chi connectivity index (χ2n) is 6.20. The van der Waals surface area contributed by atoms with Gasteiger partial charge in [-0.3, -0.25) is 9.69 Å². The fourth-order valence-electron chi connectivity index (χ4n) is 2.64. The minimum absolute atomic E-state index is 0.0842. The van der Waals surface area contributed by atoms with Gasteiger partial charge in [-0.05, 0) is 25.2 Å². The molecule has 7 nitrogen and oxygen atoms in total. The highest BCUT2D eigenvalue weighted by Gasteiger charge is 2.13. The number of benzene rings is 2. The fourth-order valence-corrected chi connectivity index (χ4v) is 2.64. The molecule has 0 unspecified atom stereocenters. The molecule has 2 aromatic rings. The molecule has 1 N–H and O–H groups in total. The summed E-state index contributed by atoms with van der Waals surface area (Å²) in [5.74, 6) is 2.53. The second kappa shape index (κ2) is 11.0. The largest absolute Gasteiger partial charge is 0.496 e. The van der Waals surface area contributed by atoms with Crippen LogP contribution in [0.3, 0.4) is 0 Å². The van der Waals surface area contributed by atoms with Crippen LogP contribution in [0.2, 0.25) is 0 Å². The van der Waals surface area contributed by atoms with Crippen molar-refractivity contribution in [3.8, 4) is 23.0 Å². The summed E-state index contributed by atoms with van der Waals surface area (Å²) in [5.41, 5.74) is 0.809. The van der Waals surface area contributed by atoms with Gasteiger partial charge in [0.25, 0.3) is 0 Å². The van der Waals surface area contributed by atoms with Crippen molar-refractivity contribution >= 4 is 5.91 Å². The SMILES string of the molecule is COc1cc(OC)c(OC)cc1CNC(=O)CN(C)CCOc1ccccc1. The van der Waals surface area contributed by atoms with E-state index < -0.39 is 0 Å². The Morgan fingerprint density at radius 1 is 0.964 bits per heavy atom. The Bertz CT molecular complexity index is 752. The molecule has 0 radical (unpaired) electrons. The third kappa shape index (κ3) is 6.35. The molecule has 1 amide bonds. The van der Waals surface area contributed by atoms with E-state index in [9.17, 15) is 4.79 Å². The number of nitrogens with one attached hydrogen (secondary N) is 1. The molecule has 0 saturated carbocycles. The zero-order chi connectivity index (χ0) is 20.4. The van der Waals surface area contributed by atoms with Crippen molar-refractivity contribution in [2.45, 2.75) is 6.54 Å². The Hall–Kier alpha value is -2.93. The van der Waals surface area contributed by atoms with Crippen molar-refractivity contribution < 1.29 is 23.7 Å². The van der Waals surface area contributed by atoms with Gasteiger partial charge >= 0.3 is 0 Å². The lowest BCUT2D eigenvalue weighted by Gasteiger charge is -2.18. The highest BCUT2D eigenvalue weighted by atomic mass is 16.5. The van der Waals surface area contributed by atoms with Crippen LogP contribution in [0, 0.1) is 0 Å². The average Bonchev–Trinajstić information content (AvgIpc) is 2.72. The molecule has 0 atom stereocenters. The van der Waals surface area contributed by atoms with Crippen LogP contribution in [0.5, 0.6) is 23.0 Å². The summed E-state index contributed by atoms with van der Waals surface area (Å²) in [6, 6.07) is 13.1. The zero-order valence-corrected chi connectivity index (χ0v) is 16.9. The Kier molecular flexibility index (Phi) is 8.42. The predicted molar refractivity (Wildman–Crippen MR) is 107 cm³/mol. The van der Waals surface area contributed by atoms with E-state index >= 15 is 0 Å². The van der Waals surface area contributed by atoms with Crippen LogP contribution in [-0.2, 0) is 11.3 Å². The summed E-state index contributed by atoms with van der Waals surface area (Å²) in [4.78, 5) is 14.2. The zero-order valence-electron chi connectivity index (χ0n) is 16.9. The topological polar surface area (TPSA) is 69.3 Å². The Morgan fingerprint density at radius 2 is 1.61 bits per heavy atom. The predicted octanol–water partition coefficient (Wildman–Crippen LogP) is 2.34. The summed E-state index contributed by atoms with van der Waals surface area (Å²) in [7, 11) is 6.59. The Balaban J connectivity index is 1.81. The normalized spacial score (nSPS) is 10.5. The van der Waals surface area contributed by atoms with E-state index in [1.807, 2.05) is 42.3 Å². The number of methoxy groups -OCH3 is 3. The molecule has 152 valence electrons. The average molecular weight is 388 g/mol. The number of para-hydroxylation sites is 1. The van der Waals surface area contributed by atoms with Crippen molar-refractivity contribution in [3.63, 3.8) is 0 Å². The van der Waals surface area contributed by atoms with Gasteiger partial charge in [-0.25, -0.2) is 0 Å². The molecule has 0 aliphatic heterocycles. The van der Waals surface area contributed by atoms with Crippen LogP contribution in [-0.4, -0.2) is 58.9 Å². The van der Waals surface area contributed by atoms with E-state index in [0.29, 0.717) is 36.9 Å². The van der Waals surface area contributed by atoms with Gasteiger partial charge in [-0.15, -0.1) is 0 Å². The first-order valence-electron chi connectivity index (χ1n) is 8.99. The van der Waals surface area contributed by atoms with E-state index in [1.54, 1.807) is 33.5 Å². The molecule has 2 aromatic carbocycles. The number of hydrogen-bond acceptors (Lipinski definition) is 6. The summed E-state index contributed by atoms with van der Waals surface area (Å²) >= 11 is 0. The molecule has 0 aromatic heterocycles. The Labute approximate surface area is 166 Å². The van der Waals surface area contributed by atoms with Crippen LogP contribution in [0.1, 0.15) is 5.56 Å². The van der Waals surface area contributed by atoms with Crippen LogP contribution in [0.25, 0.3) is 0 Å². The molecule has 0 saturated heterocycles. The molecule has 0 fully saturated rings. The fraction of sp³-hybridized carbons (Fsp3) is 0.381. The molecule has 7 heteroatoms. The van der Waals surface area contributed by atoms with Crippen molar-refractivity contribution in [2.75, 3.05) is 48.1 Å². The quantitative estimate of drug-likeness (QED) is 0.637. The van der Waals surface area contributed by atoms with Gasteiger partial charge < -0.3 is 24.3 Å². The van der Waals surface area contributed by atoms with E-state index in [4.69, 9.17) is 18.9 Å². The first-order valence-corrected chi connectivity index (χ1v) is 8.99. The van der Waals surface area contributed by atoms with Crippen molar-refractivity contribution in [2.24, 2.45) is 0 Å². The minimum Gasteiger partial charge on any atom is -0.496 e. The first kappa shape index (κ1) is 21.4. The minimum atomic E-state index is -0.0842. The maximum absolute atomic E-state index is 12.2. The summed E-state index contributed by atoms with van der Waals surface area (Å²) < 4.78 is 21.6. The molecule has 2 rings (SSSR count). The number of rotatable bonds is 11. The molecule has 0 spiro atoms. The molecular weight excluding hydrogens is 360 g/mol. The lowest BCUT2D eigenvalue weighted by molar-refractivity contribution is -0.122. The number of likely N-dealkylation sites (N-methyl/N-ethyl adjacent to an activating group) is 1. The van der Waals surface area contributed by atoms with Gasteiger partial charge in [0.15, 0.2) is 11.5 Å². The number of nitrogens with zero attached hydrogens (tertiary/aromatic N) is 1. The van der Waals surface area contributed by atoms with E-state index in [1.165, 1.54) is 0 Å². The number of hydrogen-bond donors (Lipinski definition) is 1. The summed E-state index contributed by atoms with van der Waals surface area (Å²) in [6.45, 7) is 1.75. The third-order valence-electron chi connectivity index (χ3n) is 4.16. The lowest BCUT2D eigenvalue weighted by Crippen LogP contribution is -2.36. The molecule has 28 heavy (non-hydrogen) atoms. The third-order valence-corrected chi connectivity index (χ3v) is 4.16. The van der Waals surface area contributed by atoms with Gasteiger partial charge in [0.1, 0.15) is 18.1 Å². The Morgan fingerprint density at radius 3 is 2.25 bits per heavy atom. The lowest BCUT2D eigenvalue weighted by atomic mass is 10.1. The van der Waals surface area contributed by atoms with Gasteiger partial charge in [0, 0.05) is 24.7 Å². The van der Waals surface area contributed by atoms with Gasteiger partial charge in [0.05, 0.1) is 27.9 Å². The number of ether oxygens (including phenoxy) is 4. The molecule has 0 bridgehead atoms. The second-order valence-corrected chi connectivity index (χ2v) is 6.20. The van der Waals surface area contributed by atoms with Crippen LogP contribution < -0.4 is 24.3 Å². The molecule has 0 heterocycles. The van der Waals surface area contributed by atoms with E-state index in [2.05, 4.69) is 5.32 Å². The first-order chi connectivity index (χ1) is 13.6.